The number of methoxy groups -OCH3 is 1. The van der Waals surface area contributed by atoms with Crippen LogP contribution in [0.5, 0.6) is 5.75 Å². The summed E-state index contributed by atoms with van der Waals surface area (Å²) >= 11 is 1.53. The minimum absolute atomic E-state index is 0. The van der Waals surface area contributed by atoms with Crippen LogP contribution in [0, 0.1) is 0 Å². The summed E-state index contributed by atoms with van der Waals surface area (Å²) in [5, 5.41) is 19.0. The molecule has 1 atom stereocenters. The first kappa shape index (κ1) is 24.7. The molecule has 0 aliphatic heterocycles. The van der Waals surface area contributed by atoms with E-state index in [-0.39, 0.29) is 30.5 Å². The van der Waals surface area contributed by atoms with Gasteiger partial charge in [-0.3, -0.25) is 0 Å². The maximum absolute atomic E-state index is 10.6. The molecule has 2 aromatic rings. The standard InChI is InChI=1S/C20H29N3O3S.HI/c1-4-21-19(23-15-20(2,24)18-9-6-12-27-18)22-10-11-26-14-16-7-5-8-17(13-16)25-3;/h5-9,12-13,24H,4,10-11,14-15H2,1-3H3,(H2,21,22,23);1H. The lowest BCUT2D eigenvalue weighted by Gasteiger charge is -2.20. The van der Waals surface area contributed by atoms with Crippen molar-refractivity contribution in [2.75, 3.05) is 33.4 Å². The van der Waals surface area contributed by atoms with Crippen molar-refractivity contribution in [3.05, 3.63) is 52.2 Å². The SMILES string of the molecule is CCNC(=NCC(C)(O)c1cccs1)NCCOCc1cccc(OC)c1.I. The number of hydrogen-bond donors (Lipinski definition) is 3. The van der Waals surface area contributed by atoms with Gasteiger partial charge in [0.15, 0.2) is 5.96 Å². The largest absolute Gasteiger partial charge is 0.497 e. The molecule has 2 rings (SSSR count). The average molecular weight is 519 g/mol. The third-order valence-corrected chi connectivity index (χ3v) is 5.01. The molecule has 156 valence electrons. The highest BCUT2D eigenvalue weighted by Gasteiger charge is 2.23. The van der Waals surface area contributed by atoms with Gasteiger partial charge in [-0.05, 0) is 43.0 Å². The zero-order chi connectivity index (χ0) is 19.5. The Labute approximate surface area is 188 Å². The Hall–Kier alpha value is -1.36. The fourth-order valence-electron chi connectivity index (χ4n) is 2.43. The maximum atomic E-state index is 10.6. The summed E-state index contributed by atoms with van der Waals surface area (Å²) in [5.74, 6) is 1.49. The van der Waals surface area contributed by atoms with E-state index in [4.69, 9.17) is 9.47 Å². The van der Waals surface area contributed by atoms with Crippen LogP contribution in [0.2, 0.25) is 0 Å². The van der Waals surface area contributed by atoms with Crippen molar-refractivity contribution in [3.63, 3.8) is 0 Å². The predicted molar refractivity (Wildman–Crippen MR) is 126 cm³/mol. The summed E-state index contributed by atoms with van der Waals surface area (Å²) in [4.78, 5) is 5.40. The molecular weight excluding hydrogens is 489 g/mol. The van der Waals surface area contributed by atoms with Crippen molar-refractivity contribution in [2.45, 2.75) is 26.1 Å². The van der Waals surface area contributed by atoms with E-state index >= 15 is 0 Å². The molecule has 3 N–H and O–H groups in total. The van der Waals surface area contributed by atoms with Crippen molar-refractivity contribution < 1.29 is 14.6 Å². The molecule has 1 unspecified atom stereocenters. The number of rotatable bonds is 10. The highest BCUT2D eigenvalue weighted by atomic mass is 127. The molecule has 0 radical (unpaired) electrons. The molecule has 1 aromatic carbocycles. The van der Waals surface area contributed by atoms with Gasteiger partial charge in [-0.1, -0.05) is 18.2 Å². The van der Waals surface area contributed by atoms with Gasteiger partial charge in [0.2, 0.25) is 0 Å². The van der Waals surface area contributed by atoms with Crippen LogP contribution < -0.4 is 15.4 Å². The Kier molecular flexibility index (Phi) is 11.4. The van der Waals surface area contributed by atoms with Gasteiger partial charge < -0.3 is 25.2 Å². The van der Waals surface area contributed by atoms with E-state index in [9.17, 15) is 5.11 Å². The second-order valence-electron chi connectivity index (χ2n) is 6.28. The Morgan fingerprint density at radius 2 is 2.07 bits per heavy atom. The van der Waals surface area contributed by atoms with Crippen molar-refractivity contribution >= 4 is 41.3 Å². The molecule has 0 spiro atoms. The van der Waals surface area contributed by atoms with Crippen LogP contribution in [0.1, 0.15) is 24.3 Å². The van der Waals surface area contributed by atoms with E-state index in [1.54, 1.807) is 14.0 Å². The Balaban J connectivity index is 0.00000392. The lowest BCUT2D eigenvalue weighted by atomic mass is 10.1. The molecule has 0 saturated heterocycles. The van der Waals surface area contributed by atoms with Gasteiger partial charge in [-0.25, -0.2) is 4.99 Å². The first-order chi connectivity index (χ1) is 13.0. The number of ether oxygens (including phenoxy) is 2. The number of aliphatic imine (C=N–C) groups is 1. The molecular formula is C20H30IN3O3S. The zero-order valence-corrected chi connectivity index (χ0v) is 19.8. The highest BCUT2D eigenvalue weighted by molar-refractivity contribution is 14.0. The third-order valence-electron chi connectivity index (χ3n) is 3.88. The molecule has 0 bridgehead atoms. The number of benzene rings is 1. The molecule has 0 aliphatic rings. The summed E-state index contributed by atoms with van der Waals surface area (Å²) in [5.41, 5.74) is 0.0984. The average Bonchev–Trinajstić information content (AvgIpc) is 3.22. The van der Waals surface area contributed by atoms with Crippen LogP contribution in [0.3, 0.4) is 0 Å². The number of nitrogens with one attached hydrogen (secondary N) is 2. The maximum Gasteiger partial charge on any atom is 0.191 e. The van der Waals surface area contributed by atoms with E-state index in [0.717, 1.165) is 22.7 Å². The van der Waals surface area contributed by atoms with Gasteiger partial charge in [0.1, 0.15) is 11.4 Å². The van der Waals surface area contributed by atoms with Crippen molar-refractivity contribution in [1.29, 1.82) is 0 Å². The fraction of sp³-hybridized carbons (Fsp3) is 0.450. The second-order valence-corrected chi connectivity index (χ2v) is 7.22. The Morgan fingerprint density at radius 1 is 1.25 bits per heavy atom. The van der Waals surface area contributed by atoms with Crippen LogP contribution in [-0.2, 0) is 16.9 Å². The van der Waals surface area contributed by atoms with Gasteiger partial charge in [0.05, 0.1) is 26.9 Å². The molecule has 0 fully saturated rings. The Morgan fingerprint density at radius 3 is 2.75 bits per heavy atom. The zero-order valence-electron chi connectivity index (χ0n) is 16.6. The second kappa shape index (κ2) is 13.0. The van der Waals surface area contributed by atoms with Crippen LogP contribution in [0.25, 0.3) is 0 Å². The number of guanidine groups is 1. The van der Waals surface area contributed by atoms with Gasteiger partial charge in [-0.15, -0.1) is 35.3 Å². The fourth-order valence-corrected chi connectivity index (χ4v) is 3.21. The number of nitrogens with zero attached hydrogens (tertiary/aromatic N) is 1. The van der Waals surface area contributed by atoms with Gasteiger partial charge in [-0.2, -0.15) is 0 Å². The van der Waals surface area contributed by atoms with E-state index in [0.29, 0.717) is 25.7 Å². The first-order valence-electron chi connectivity index (χ1n) is 9.04. The van der Waals surface area contributed by atoms with Crippen LogP contribution in [0.15, 0.2) is 46.8 Å². The van der Waals surface area contributed by atoms with Crippen molar-refractivity contribution in [1.82, 2.24) is 10.6 Å². The highest BCUT2D eigenvalue weighted by Crippen LogP contribution is 2.25. The number of thiophene rings is 1. The third kappa shape index (κ3) is 8.34. The number of halogens is 1. The quantitative estimate of drug-likeness (QED) is 0.194. The van der Waals surface area contributed by atoms with Crippen LogP contribution in [-0.4, -0.2) is 44.4 Å². The minimum Gasteiger partial charge on any atom is -0.497 e. The van der Waals surface area contributed by atoms with Crippen molar-refractivity contribution in [3.8, 4) is 5.75 Å². The topological polar surface area (TPSA) is 75.1 Å². The van der Waals surface area contributed by atoms with Crippen LogP contribution in [0.4, 0.5) is 0 Å². The molecule has 28 heavy (non-hydrogen) atoms. The summed E-state index contributed by atoms with van der Waals surface area (Å²) in [6.07, 6.45) is 0. The van der Waals surface area contributed by atoms with E-state index in [1.807, 2.05) is 48.7 Å². The Bertz CT molecular complexity index is 708. The normalized spacial score (nSPS) is 13.4. The minimum atomic E-state index is -0.973. The summed E-state index contributed by atoms with van der Waals surface area (Å²) in [7, 11) is 1.65. The molecule has 1 heterocycles. The van der Waals surface area contributed by atoms with E-state index < -0.39 is 5.60 Å². The monoisotopic (exact) mass is 519 g/mol. The van der Waals surface area contributed by atoms with Gasteiger partial charge in [0, 0.05) is 18.0 Å². The van der Waals surface area contributed by atoms with Gasteiger partial charge in [0.25, 0.3) is 0 Å². The molecule has 1 aromatic heterocycles. The lowest BCUT2D eigenvalue weighted by molar-refractivity contribution is 0.0711. The summed E-state index contributed by atoms with van der Waals surface area (Å²) < 4.78 is 10.9. The molecule has 0 aliphatic carbocycles. The first-order valence-corrected chi connectivity index (χ1v) is 9.92. The van der Waals surface area contributed by atoms with Gasteiger partial charge >= 0.3 is 0 Å². The summed E-state index contributed by atoms with van der Waals surface area (Å²) in [6.45, 7) is 6.52. The lowest BCUT2D eigenvalue weighted by Crippen LogP contribution is -2.40. The molecule has 8 heteroatoms. The van der Waals surface area contributed by atoms with E-state index in [1.165, 1.54) is 11.3 Å². The summed E-state index contributed by atoms with van der Waals surface area (Å²) in [6, 6.07) is 11.7. The predicted octanol–water partition coefficient (Wildman–Crippen LogP) is 3.35. The van der Waals surface area contributed by atoms with Crippen LogP contribution >= 0.6 is 35.3 Å². The molecule has 0 saturated carbocycles. The number of aliphatic hydroxyl groups is 1. The van der Waals surface area contributed by atoms with E-state index in [2.05, 4.69) is 15.6 Å². The smallest absolute Gasteiger partial charge is 0.191 e. The molecule has 6 nitrogen and oxygen atoms in total. The molecule has 0 amide bonds. The number of hydrogen-bond acceptors (Lipinski definition) is 5. The van der Waals surface area contributed by atoms with Crippen molar-refractivity contribution in [2.24, 2.45) is 4.99 Å².